The Balaban J connectivity index is 1.99. The highest BCUT2D eigenvalue weighted by molar-refractivity contribution is 7.98. The monoisotopic (exact) mass is 408 g/mol. The molecular weight excluding hydrogens is 384 g/mol. The van der Waals surface area contributed by atoms with Crippen molar-refractivity contribution in [3.8, 4) is 0 Å². The zero-order valence-corrected chi connectivity index (χ0v) is 17.1. The molecule has 1 aliphatic heterocycles. The van der Waals surface area contributed by atoms with E-state index in [0.29, 0.717) is 17.2 Å². The van der Waals surface area contributed by atoms with Gasteiger partial charge in [0.25, 0.3) is 11.8 Å². The van der Waals surface area contributed by atoms with Gasteiger partial charge in [0.2, 0.25) is 0 Å². The van der Waals surface area contributed by atoms with E-state index in [2.05, 4.69) is 5.32 Å². The Morgan fingerprint density at radius 1 is 1.14 bits per heavy atom. The first kappa shape index (κ1) is 21.7. The molecule has 0 radical (unpaired) electrons. The summed E-state index contributed by atoms with van der Waals surface area (Å²) in [5.41, 5.74) is -0.299. The number of hydroxylamine groups is 2. The lowest BCUT2D eigenvalue weighted by Gasteiger charge is -2.23. The van der Waals surface area contributed by atoms with Gasteiger partial charge in [0.1, 0.15) is 5.60 Å². The number of benzene rings is 1. The fraction of sp³-hybridized carbons (Fsp3) is 0.474. The zero-order valence-electron chi connectivity index (χ0n) is 16.3. The van der Waals surface area contributed by atoms with Crippen LogP contribution in [0.4, 0.5) is 4.79 Å². The second kappa shape index (κ2) is 9.09. The molecule has 0 unspecified atom stereocenters. The summed E-state index contributed by atoms with van der Waals surface area (Å²) in [7, 11) is 0. The number of ether oxygens (including phenoxy) is 1. The number of thioether (sulfide) groups is 1. The predicted molar refractivity (Wildman–Crippen MR) is 104 cm³/mol. The van der Waals surface area contributed by atoms with Crippen molar-refractivity contribution >= 4 is 35.6 Å². The Kier molecular flexibility index (Phi) is 7.06. The van der Waals surface area contributed by atoms with Crippen LogP contribution in [-0.2, 0) is 14.4 Å². The highest BCUT2D eigenvalue weighted by atomic mass is 32.2. The van der Waals surface area contributed by atoms with E-state index in [-0.39, 0.29) is 17.5 Å². The first-order chi connectivity index (χ1) is 13.1. The number of rotatable bonds is 7. The lowest BCUT2D eigenvalue weighted by atomic mass is 10.1. The third-order valence-electron chi connectivity index (χ3n) is 3.75. The van der Waals surface area contributed by atoms with Crippen LogP contribution < -0.4 is 5.32 Å². The van der Waals surface area contributed by atoms with Crippen LogP contribution >= 0.6 is 11.8 Å². The summed E-state index contributed by atoms with van der Waals surface area (Å²) in [5, 5.41) is 3.10. The first-order valence-electron chi connectivity index (χ1n) is 8.79. The predicted octanol–water partition coefficient (Wildman–Crippen LogP) is 2.78. The minimum absolute atomic E-state index is 0.186. The molecule has 0 aliphatic carbocycles. The number of hydrogen-bond acceptors (Lipinski definition) is 7. The van der Waals surface area contributed by atoms with Crippen LogP contribution in [-0.4, -0.2) is 52.6 Å². The molecule has 1 aromatic rings. The molecular formula is C19H24N2O6S. The van der Waals surface area contributed by atoms with E-state index in [1.807, 2.05) is 6.26 Å². The first-order valence-corrected chi connectivity index (χ1v) is 10.2. The average Bonchev–Trinajstić information content (AvgIpc) is 2.83. The van der Waals surface area contributed by atoms with Gasteiger partial charge >= 0.3 is 12.1 Å². The van der Waals surface area contributed by atoms with Crippen LogP contribution in [0.5, 0.6) is 0 Å². The van der Waals surface area contributed by atoms with Gasteiger partial charge in [-0.05, 0) is 51.3 Å². The second-order valence-electron chi connectivity index (χ2n) is 7.24. The molecule has 0 fully saturated rings. The standard InChI is InChI=1S/C19H24N2O6S/c1-19(2,3)26-18(25)20-12(9-10-28-4)11-15(22)27-21-16(23)13-7-5-6-8-14(13)17(21)24/h5-8,12H,9-11H2,1-4H3,(H,20,25)/t12-/m1/s1. The molecule has 1 aliphatic rings. The Bertz CT molecular complexity index is 739. The van der Waals surface area contributed by atoms with E-state index in [9.17, 15) is 19.2 Å². The Morgan fingerprint density at radius 2 is 1.71 bits per heavy atom. The summed E-state index contributed by atoms with van der Waals surface area (Å²) >= 11 is 1.56. The van der Waals surface area contributed by atoms with Gasteiger partial charge in [-0.15, -0.1) is 0 Å². The number of alkyl carbamates (subject to hydrolysis) is 1. The highest BCUT2D eigenvalue weighted by Crippen LogP contribution is 2.23. The zero-order chi connectivity index (χ0) is 20.9. The maximum atomic E-state index is 12.3. The molecule has 1 heterocycles. The molecule has 2 rings (SSSR count). The van der Waals surface area contributed by atoms with Crippen LogP contribution in [0.2, 0.25) is 0 Å². The van der Waals surface area contributed by atoms with Gasteiger partial charge in [-0.1, -0.05) is 17.2 Å². The molecule has 9 heteroatoms. The molecule has 0 saturated carbocycles. The van der Waals surface area contributed by atoms with Crippen molar-refractivity contribution in [2.45, 2.75) is 45.3 Å². The average molecular weight is 408 g/mol. The SMILES string of the molecule is CSCC[C@H](CC(=O)ON1C(=O)c2ccccc2C1=O)NC(=O)OC(C)(C)C. The lowest BCUT2D eigenvalue weighted by molar-refractivity contribution is -0.169. The summed E-state index contributed by atoms with van der Waals surface area (Å²) < 4.78 is 5.21. The summed E-state index contributed by atoms with van der Waals surface area (Å²) in [6, 6.07) is 5.69. The number of carbonyl (C=O) groups excluding carboxylic acids is 4. The summed E-state index contributed by atoms with van der Waals surface area (Å²) in [6.07, 6.45) is 1.55. The molecule has 1 N–H and O–H groups in total. The normalized spacial score (nSPS) is 14.5. The number of nitrogens with one attached hydrogen (secondary N) is 1. The van der Waals surface area contributed by atoms with Gasteiger partial charge in [0.15, 0.2) is 0 Å². The highest BCUT2D eigenvalue weighted by Gasteiger charge is 2.38. The van der Waals surface area contributed by atoms with Crippen LogP contribution in [0.25, 0.3) is 0 Å². The Morgan fingerprint density at radius 3 is 2.21 bits per heavy atom. The Hall–Kier alpha value is -2.55. The third-order valence-corrected chi connectivity index (χ3v) is 4.40. The number of carbonyl (C=O) groups is 4. The van der Waals surface area contributed by atoms with E-state index in [1.165, 1.54) is 12.1 Å². The van der Waals surface area contributed by atoms with Crippen molar-refractivity contribution in [2.24, 2.45) is 0 Å². The number of nitrogens with zero attached hydrogens (tertiary/aromatic N) is 1. The van der Waals surface area contributed by atoms with Gasteiger partial charge < -0.3 is 14.9 Å². The number of imide groups is 1. The molecule has 152 valence electrons. The van der Waals surface area contributed by atoms with Crippen molar-refractivity contribution in [3.63, 3.8) is 0 Å². The summed E-state index contributed by atoms with van der Waals surface area (Å²) in [4.78, 5) is 53.9. The maximum absolute atomic E-state index is 12.3. The molecule has 3 amide bonds. The molecule has 0 saturated heterocycles. The van der Waals surface area contributed by atoms with E-state index < -0.39 is 35.5 Å². The van der Waals surface area contributed by atoms with E-state index in [0.717, 1.165) is 0 Å². The largest absolute Gasteiger partial charge is 0.444 e. The van der Waals surface area contributed by atoms with Crippen LogP contribution in [0, 0.1) is 0 Å². The van der Waals surface area contributed by atoms with Crippen molar-refractivity contribution < 1.29 is 28.8 Å². The van der Waals surface area contributed by atoms with Crippen LogP contribution in [0.1, 0.15) is 54.3 Å². The minimum Gasteiger partial charge on any atom is -0.444 e. The molecule has 0 spiro atoms. The van der Waals surface area contributed by atoms with E-state index >= 15 is 0 Å². The van der Waals surface area contributed by atoms with Gasteiger partial charge in [0.05, 0.1) is 17.5 Å². The van der Waals surface area contributed by atoms with Crippen LogP contribution in [0.15, 0.2) is 24.3 Å². The number of fused-ring (bicyclic) bond motifs is 1. The van der Waals surface area contributed by atoms with Gasteiger partial charge in [-0.2, -0.15) is 11.8 Å². The van der Waals surface area contributed by atoms with Gasteiger partial charge in [-0.3, -0.25) is 9.59 Å². The minimum atomic E-state index is -0.795. The molecule has 1 aromatic carbocycles. The molecule has 1 atom stereocenters. The molecule has 28 heavy (non-hydrogen) atoms. The van der Waals surface area contributed by atoms with Gasteiger partial charge in [-0.25, -0.2) is 9.59 Å². The molecule has 0 bridgehead atoms. The summed E-state index contributed by atoms with van der Waals surface area (Å²) in [5.74, 6) is -1.47. The number of amides is 3. The number of hydrogen-bond donors (Lipinski definition) is 1. The van der Waals surface area contributed by atoms with Crippen molar-refractivity contribution in [3.05, 3.63) is 35.4 Å². The molecule has 0 aromatic heterocycles. The van der Waals surface area contributed by atoms with E-state index in [4.69, 9.17) is 9.57 Å². The van der Waals surface area contributed by atoms with Crippen molar-refractivity contribution in [1.82, 2.24) is 10.4 Å². The van der Waals surface area contributed by atoms with Crippen molar-refractivity contribution in [2.75, 3.05) is 12.0 Å². The third kappa shape index (κ3) is 5.72. The van der Waals surface area contributed by atoms with Crippen LogP contribution in [0.3, 0.4) is 0 Å². The quantitative estimate of drug-likeness (QED) is 0.692. The molecule has 8 nitrogen and oxygen atoms in total. The smallest absolute Gasteiger partial charge is 0.407 e. The van der Waals surface area contributed by atoms with Crippen molar-refractivity contribution in [1.29, 1.82) is 0 Å². The van der Waals surface area contributed by atoms with E-state index in [1.54, 1.807) is 44.7 Å². The Labute approximate surface area is 167 Å². The topological polar surface area (TPSA) is 102 Å². The van der Waals surface area contributed by atoms with Gasteiger partial charge in [0, 0.05) is 6.04 Å². The maximum Gasteiger partial charge on any atom is 0.407 e. The lowest BCUT2D eigenvalue weighted by Crippen LogP contribution is -2.42. The summed E-state index contributed by atoms with van der Waals surface area (Å²) in [6.45, 7) is 5.21. The fourth-order valence-corrected chi connectivity index (χ4v) is 3.07. The second-order valence-corrected chi connectivity index (χ2v) is 8.23. The fourth-order valence-electron chi connectivity index (χ4n) is 2.55.